The number of sulfonamides is 1. The largest absolute Gasteiger partial charge is 0.461 e. The van der Waals surface area contributed by atoms with Crippen LogP contribution in [0.5, 0.6) is 0 Å². The van der Waals surface area contributed by atoms with E-state index in [1.807, 2.05) is 11.4 Å². The summed E-state index contributed by atoms with van der Waals surface area (Å²) in [5, 5.41) is 26.1. The van der Waals surface area contributed by atoms with E-state index in [0.717, 1.165) is 50.5 Å². The second-order valence-electron chi connectivity index (χ2n) is 19.2. The molecule has 274 valence electrons. The highest BCUT2D eigenvalue weighted by molar-refractivity contribution is 7.91. The molecule has 2 spiro atoms. The van der Waals surface area contributed by atoms with Crippen LogP contribution >= 0.6 is 11.3 Å². The van der Waals surface area contributed by atoms with Crippen LogP contribution in [0, 0.1) is 56.7 Å². The molecule has 0 amide bonds. The first-order valence-electron chi connectivity index (χ1n) is 19.7. The Hall–Kier alpha value is -2.04. The van der Waals surface area contributed by atoms with Crippen LogP contribution < -0.4 is 0 Å². The number of carbonyl (C=O) groups is 1. The van der Waals surface area contributed by atoms with Gasteiger partial charge in [0.1, 0.15) is 4.21 Å². The van der Waals surface area contributed by atoms with Gasteiger partial charge in [-0.2, -0.15) is 4.31 Å². The molecule has 10 aliphatic carbocycles. The van der Waals surface area contributed by atoms with Crippen molar-refractivity contribution < 1.29 is 27.8 Å². The van der Waals surface area contributed by atoms with Crippen molar-refractivity contribution in [2.45, 2.75) is 113 Å². The molecule has 7 nitrogen and oxygen atoms in total. The first kappa shape index (κ1) is 33.5. The molecule has 10 aliphatic rings. The smallest absolute Gasteiger partial charge is 0.252 e. The zero-order valence-electron chi connectivity index (χ0n) is 30.1. The maximum absolute atomic E-state index is 14.7. The molecule has 2 aromatic rings. The molecule has 2 aromatic heterocycles. The number of carbonyl (C=O) groups excluding carboxylic acids is 1. The van der Waals surface area contributed by atoms with Crippen molar-refractivity contribution in [1.82, 2.24) is 4.31 Å². The highest BCUT2D eigenvalue weighted by atomic mass is 32.2. The number of ketones is 1. The van der Waals surface area contributed by atoms with E-state index < -0.39 is 38.0 Å². The van der Waals surface area contributed by atoms with Crippen molar-refractivity contribution in [3.05, 3.63) is 65.5 Å². The van der Waals surface area contributed by atoms with Gasteiger partial charge in [0.25, 0.3) is 10.0 Å². The van der Waals surface area contributed by atoms with Gasteiger partial charge >= 0.3 is 0 Å². The van der Waals surface area contributed by atoms with Gasteiger partial charge in [0.05, 0.1) is 18.0 Å². The average molecular weight is 732 g/mol. The summed E-state index contributed by atoms with van der Waals surface area (Å²) in [4.78, 5) is 14.6. The Balaban J connectivity index is 1.06. The normalized spacial score (nSPS) is 47.7. The number of furan rings is 1. The minimum atomic E-state index is -3.84. The van der Waals surface area contributed by atoms with E-state index in [1.54, 1.807) is 28.8 Å². The summed E-state index contributed by atoms with van der Waals surface area (Å²) in [5.74, 6) is 2.44. The molecule has 8 atom stereocenters. The summed E-state index contributed by atoms with van der Waals surface area (Å²) in [5.41, 5.74) is -2.31. The molecule has 6 bridgehead atoms. The standard InChI is InChI=1S/C42H53NO6S2/c1-37-10-7-30(44)23-40(37)13-14-42(31(24-40)36(45)32-5-3-15-49-32)33(37)8-11-38(2)34(42)9-12-41(38,46)26-43(51(47,48)35-6-4-16-50-35)25-39-20-27-17-28(21-39)19-29(18-27)22-39/h3-6,13-16,24,27-30,33-34,44,46H,7-12,17-23,25-26H2,1-2H3. The minimum absolute atomic E-state index is 0.0188. The van der Waals surface area contributed by atoms with Gasteiger partial charge in [-0.05, 0) is 147 Å². The molecule has 9 heteroatoms. The van der Waals surface area contributed by atoms with Gasteiger partial charge in [-0.3, -0.25) is 4.79 Å². The number of thiophene rings is 1. The van der Waals surface area contributed by atoms with Crippen molar-refractivity contribution in [2.75, 3.05) is 13.1 Å². The first-order chi connectivity index (χ1) is 24.2. The second-order valence-corrected chi connectivity index (χ2v) is 22.4. The molecule has 0 aromatic carbocycles. The molecule has 0 radical (unpaired) electrons. The SMILES string of the molecule is CC12CCC(O)CC13C=CC1(C(C(=O)c4ccco4)=C3)C2CCC2(C)C1CCC2(O)CN(CC12CC3CC(CC(C3)C1)C2)S(=O)(=O)c1cccs1. The first-order valence-corrected chi connectivity index (χ1v) is 22.0. The number of aliphatic hydroxyl groups excluding tert-OH is 1. The number of allylic oxidation sites excluding steroid dienone is 4. The summed E-state index contributed by atoms with van der Waals surface area (Å²) >= 11 is 1.27. The quantitative estimate of drug-likeness (QED) is 0.210. The fraction of sp³-hybridized carbons (Fsp3) is 0.690. The van der Waals surface area contributed by atoms with Crippen LogP contribution in [0.2, 0.25) is 0 Å². The lowest BCUT2D eigenvalue weighted by Crippen LogP contribution is -2.67. The highest BCUT2D eigenvalue weighted by Gasteiger charge is 2.75. The van der Waals surface area contributed by atoms with Crippen LogP contribution in [0.4, 0.5) is 0 Å². The van der Waals surface area contributed by atoms with Crippen LogP contribution in [0.3, 0.4) is 0 Å². The van der Waals surface area contributed by atoms with Gasteiger partial charge in [-0.25, -0.2) is 8.42 Å². The molecule has 7 fully saturated rings. The number of rotatable bonds is 8. The predicted molar refractivity (Wildman–Crippen MR) is 195 cm³/mol. The fourth-order valence-corrected chi connectivity index (χ4v) is 17.8. The minimum Gasteiger partial charge on any atom is -0.461 e. The van der Waals surface area contributed by atoms with Crippen molar-refractivity contribution >= 4 is 27.1 Å². The molecule has 0 saturated heterocycles. The van der Waals surface area contributed by atoms with Crippen LogP contribution in [0.1, 0.15) is 108 Å². The molecule has 2 N–H and O–H groups in total. The topological polar surface area (TPSA) is 108 Å². The number of nitrogens with zero attached hydrogens (tertiary/aromatic N) is 1. The van der Waals surface area contributed by atoms with Gasteiger partial charge in [-0.15, -0.1) is 11.3 Å². The van der Waals surface area contributed by atoms with E-state index in [0.29, 0.717) is 53.5 Å². The molecular formula is C42H53NO6S2. The van der Waals surface area contributed by atoms with E-state index in [2.05, 4.69) is 32.1 Å². The van der Waals surface area contributed by atoms with E-state index in [4.69, 9.17) is 4.42 Å². The van der Waals surface area contributed by atoms with E-state index in [1.165, 1.54) is 30.6 Å². The van der Waals surface area contributed by atoms with Crippen molar-refractivity contribution in [3.63, 3.8) is 0 Å². The molecule has 8 unspecified atom stereocenters. The summed E-state index contributed by atoms with van der Waals surface area (Å²) in [6.07, 6.45) is 20.2. The Kier molecular flexibility index (Phi) is 7.10. The Morgan fingerprint density at radius 1 is 0.902 bits per heavy atom. The van der Waals surface area contributed by atoms with Crippen LogP contribution in [0.15, 0.2) is 68.3 Å². The van der Waals surface area contributed by atoms with E-state index in [9.17, 15) is 23.4 Å². The average Bonchev–Trinajstić information content (AvgIpc) is 3.86. The van der Waals surface area contributed by atoms with Gasteiger partial charge in [0.2, 0.25) is 5.78 Å². The molecule has 7 saturated carbocycles. The van der Waals surface area contributed by atoms with E-state index >= 15 is 0 Å². The number of fused-ring (bicyclic) bond motifs is 1. The van der Waals surface area contributed by atoms with Crippen molar-refractivity contribution in [1.29, 1.82) is 0 Å². The van der Waals surface area contributed by atoms with Gasteiger partial charge in [-0.1, -0.05) is 38.1 Å². The molecular weight excluding hydrogens is 679 g/mol. The van der Waals surface area contributed by atoms with Crippen LogP contribution in [-0.2, 0) is 10.0 Å². The van der Waals surface area contributed by atoms with E-state index in [-0.39, 0.29) is 35.0 Å². The zero-order chi connectivity index (χ0) is 35.2. The van der Waals surface area contributed by atoms with Crippen LogP contribution in [-0.4, -0.2) is 53.5 Å². The molecule has 0 aliphatic heterocycles. The number of hydrogen-bond donors (Lipinski definition) is 2. The Morgan fingerprint density at radius 2 is 1.59 bits per heavy atom. The Labute approximate surface area is 306 Å². The maximum Gasteiger partial charge on any atom is 0.252 e. The summed E-state index contributed by atoms with van der Waals surface area (Å²) < 4.78 is 37.2. The van der Waals surface area contributed by atoms with Crippen molar-refractivity contribution in [3.8, 4) is 0 Å². The molecule has 12 rings (SSSR count). The van der Waals surface area contributed by atoms with Gasteiger partial charge < -0.3 is 14.6 Å². The molecule has 2 heterocycles. The lowest BCUT2D eigenvalue weighted by Gasteiger charge is -2.71. The third-order valence-corrected chi connectivity index (χ3v) is 20.1. The monoisotopic (exact) mass is 731 g/mol. The summed E-state index contributed by atoms with van der Waals surface area (Å²) in [6, 6.07) is 7.05. The predicted octanol–water partition coefficient (Wildman–Crippen LogP) is 8.02. The van der Waals surface area contributed by atoms with Crippen molar-refractivity contribution in [2.24, 2.45) is 56.7 Å². The third-order valence-electron chi connectivity index (χ3n) is 16.9. The fourth-order valence-electron chi connectivity index (χ4n) is 15.1. The lowest BCUT2D eigenvalue weighted by atomic mass is 9.32. The number of hydrogen-bond acceptors (Lipinski definition) is 7. The van der Waals surface area contributed by atoms with Gasteiger partial charge in [0, 0.05) is 34.9 Å². The second kappa shape index (κ2) is 10.8. The maximum atomic E-state index is 14.7. The summed E-state index contributed by atoms with van der Waals surface area (Å²) in [7, 11) is -3.84. The Bertz CT molecular complexity index is 1880. The highest BCUT2D eigenvalue weighted by Crippen LogP contribution is 2.78. The zero-order valence-corrected chi connectivity index (χ0v) is 31.7. The van der Waals surface area contributed by atoms with Gasteiger partial charge in [0.15, 0.2) is 5.76 Å². The lowest BCUT2D eigenvalue weighted by molar-refractivity contribution is -0.175. The molecule has 51 heavy (non-hydrogen) atoms. The van der Waals surface area contributed by atoms with Crippen LogP contribution in [0.25, 0.3) is 0 Å². The number of aliphatic hydroxyl groups is 2. The Morgan fingerprint density at radius 3 is 2.25 bits per heavy atom. The number of Topliss-reactive ketones (excluding diaryl/α,β-unsaturated/α-hetero) is 1. The third kappa shape index (κ3) is 4.39. The summed E-state index contributed by atoms with van der Waals surface area (Å²) in [6.45, 7) is 5.17.